The fraction of sp³-hybridized carbons (Fsp3) is 0.222. The summed E-state index contributed by atoms with van der Waals surface area (Å²) in [6.07, 6.45) is 0. The summed E-state index contributed by atoms with van der Waals surface area (Å²) in [4.78, 5) is 10.5. The van der Waals surface area contributed by atoms with Gasteiger partial charge in [-0.05, 0) is 24.1 Å². The number of aryl methyl sites for hydroxylation is 1. The van der Waals surface area contributed by atoms with Crippen LogP contribution < -0.4 is 11.5 Å². The van der Waals surface area contributed by atoms with Crippen LogP contribution in [-0.4, -0.2) is 11.1 Å². The van der Waals surface area contributed by atoms with Crippen molar-refractivity contribution in [1.82, 2.24) is 0 Å². The number of carboxylic acid groups (broad SMARTS) is 1. The number of aliphatic carboxylic acids is 1. The van der Waals surface area contributed by atoms with Crippen LogP contribution in [0.4, 0.5) is 5.69 Å². The molecule has 0 radical (unpaired) electrons. The number of rotatable bonds is 2. The van der Waals surface area contributed by atoms with Crippen LogP contribution in [0.2, 0.25) is 0 Å². The molecule has 0 unspecified atom stereocenters. The van der Waals surface area contributed by atoms with Crippen LogP contribution in [0.25, 0.3) is 0 Å². The monoisotopic (exact) mass is 180 g/mol. The molecule has 0 bridgehead atoms. The van der Waals surface area contributed by atoms with Gasteiger partial charge in [-0.1, -0.05) is 12.1 Å². The SMILES string of the molecule is Cc1cc([C@@H](N)C(=O)O)ccc1N. The molecule has 0 aliphatic carbocycles. The van der Waals surface area contributed by atoms with Gasteiger partial charge in [0.25, 0.3) is 0 Å². The lowest BCUT2D eigenvalue weighted by atomic mass is 10.0. The van der Waals surface area contributed by atoms with Crippen molar-refractivity contribution in [2.75, 3.05) is 5.73 Å². The molecule has 1 atom stereocenters. The molecule has 0 saturated heterocycles. The maximum absolute atomic E-state index is 10.5. The summed E-state index contributed by atoms with van der Waals surface area (Å²) in [5.41, 5.74) is 13.0. The Labute approximate surface area is 76.2 Å². The topological polar surface area (TPSA) is 89.3 Å². The summed E-state index contributed by atoms with van der Waals surface area (Å²) in [6, 6.07) is 4.00. The van der Waals surface area contributed by atoms with E-state index in [0.717, 1.165) is 5.56 Å². The number of carboxylic acids is 1. The number of nitrogen functional groups attached to an aromatic ring is 1. The number of benzene rings is 1. The average Bonchev–Trinajstić information content (AvgIpc) is 2.08. The van der Waals surface area contributed by atoms with Gasteiger partial charge in [-0.25, -0.2) is 0 Å². The van der Waals surface area contributed by atoms with Crippen LogP contribution in [0.1, 0.15) is 17.2 Å². The molecule has 0 aromatic heterocycles. The van der Waals surface area contributed by atoms with Gasteiger partial charge in [0.15, 0.2) is 0 Å². The highest BCUT2D eigenvalue weighted by Gasteiger charge is 2.14. The lowest BCUT2D eigenvalue weighted by Gasteiger charge is -2.08. The maximum atomic E-state index is 10.5. The van der Waals surface area contributed by atoms with Crippen molar-refractivity contribution in [1.29, 1.82) is 0 Å². The van der Waals surface area contributed by atoms with Crippen molar-refractivity contribution in [3.05, 3.63) is 29.3 Å². The summed E-state index contributed by atoms with van der Waals surface area (Å²) >= 11 is 0. The summed E-state index contributed by atoms with van der Waals surface area (Å²) < 4.78 is 0. The van der Waals surface area contributed by atoms with Crippen molar-refractivity contribution in [3.8, 4) is 0 Å². The first-order chi connectivity index (χ1) is 6.02. The van der Waals surface area contributed by atoms with Crippen molar-refractivity contribution in [2.45, 2.75) is 13.0 Å². The highest BCUT2D eigenvalue weighted by molar-refractivity contribution is 5.75. The minimum absolute atomic E-state index is 0.569. The molecule has 0 spiro atoms. The fourth-order valence-corrected chi connectivity index (χ4v) is 1.03. The van der Waals surface area contributed by atoms with Gasteiger partial charge in [0.05, 0.1) is 0 Å². The van der Waals surface area contributed by atoms with Gasteiger partial charge < -0.3 is 16.6 Å². The largest absolute Gasteiger partial charge is 0.480 e. The van der Waals surface area contributed by atoms with Crippen LogP contribution in [0.15, 0.2) is 18.2 Å². The Bertz CT molecular complexity index is 336. The molecule has 4 nitrogen and oxygen atoms in total. The lowest BCUT2D eigenvalue weighted by Crippen LogP contribution is -2.20. The van der Waals surface area contributed by atoms with E-state index in [2.05, 4.69) is 0 Å². The zero-order chi connectivity index (χ0) is 10.0. The number of nitrogens with two attached hydrogens (primary N) is 2. The number of hydrogen-bond donors (Lipinski definition) is 3. The Kier molecular flexibility index (Phi) is 2.53. The molecule has 0 amide bonds. The number of anilines is 1. The van der Waals surface area contributed by atoms with Crippen LogP contribution in [0.3, 0.4) is 0 Å². The van der Waals surface area contributed by atoms with E-state index in [-0.39, 0.29) is 0 Å². The molecule has 0 aliphatic rings. The van der Waals surface area contributed by atoms with E-state index in [1.165, 1.54) is 0 Å². The van der Waals surface area contributed by atoms with Gasteiger partial charge >= 0.3 is 5.97 Å². The van der Waals surface area contributed by atoms with Crippen LogP contribution in [0, 0.1) is 6.92 Å². The molecular weight excluding hydrogens is 168 g/mol. The lowest BCUT2D eigenvalue weighted by molar-refractivity contribution is -0.138. The number of carbonyl (C=O) groups is 1. The molecule has 1 aromatic rings. The molecule has 13 heavy (non-hydrogen) atoms. The molecule has 0 fully saturated rings. The van der Waals surface area contributed by atoms with Gasteiger partial charge in [-0.2, -0.15) is 0 Å². The second-order valence-corrected chi connectivity index (χ2v) is 2.93. The van der Waals surface area contributed by atoms with Crippen LogP contribution in [0.5, 0.6) is 0 Å². The normalized spacial score (nSPS) is 12.5. The summed E-state index contributed by atoms with van der Waals surface area (Å²) in [7, 11) is 0. The highest BCUT2D eigenvalue weighted by Crippen LogP contribution is 2.17. The quantitative estimate of drug-likeness (QED) is 0.583. The first-order valence-corrected chi connectivity index (χ1v) is 3.87. The molecule has 1 aromatic carbocycles. The molecule has 4 heteroatoms. The van der Waals surface area contributed by atoms with E-state index < -0.39 is 12.0 Å². The average molecular weight is 180 g/mol. The third-order valence-electron chi connectivity index (χ3n) is 1.92. The van der Waals surface area contributed by atoms with E-state index in [0.29, 0.717) is 11.3 Å². The third kappa shape index (κ3) is 1.97. The van der Waals surface area contributed by atoms with Gasteiger partial charge in [0.1, 0.15) is 6.04 Å². The van der Waals surface area contributed by atoms with Gasteiger partial charge in [0, 0.05) is 5.69 Å². The van der Waals surface area contributed by atoms with Crippen molar-refractivity contribution >= 4 is 11.7 Å². The van der Waals surface area contributed by atoms with Crippen molar-refractivity contribution < 1.29 is 9.90 Å². The Morgan fingerprint density at radius 3 is 2.62 bits per heavy atom. The molecule has 0 saturated carbocycles. The van der Waals surface area contributed by atoms with Crippen LogP contribution >= 0.6 is 0 Å². The van der Waals surface area contributed by atoms with E-state index in [9.17, 15) is 4.79 Å². The van der Waals surface area contributed by atoms with Crippen LogP contribution in [-0.2, 0) is 4.79 Å². The van der Waals surface area contributed by atoms with Gasteiger partial charge in [-0.15, -0.1) is 0 Å². The van der Waals surface area contributed by atoms with E-state index >= 15 is 0 Å². The van der Waals surface area contributed by atoms with E-state index in [1.807, 2.05) is 6.92 Å². The van der Waals surface area contributed by atoms with Crippen molar-refractivity contribution in [2.24, 2.45) is 5.73 Å². The molecule has 0 heterocycles. The Morgan fingerprint density at radius 2 is 2.15 bits per heavy atom. The summed E-state index contributed by atoms with van der Waals surface area (Å²) in [6.45, 7) is 1.81. The van der Waals surface area contributed by atoms with Crippen molar-refractivity contribution in [3.63, 3.8) is 0 Å². The Hall–Kier alpha value is -1.55. The fourth-order valence-electron chi connectivity index (χ4n) is 1.03. The minimum Gasteiger partial charge on any atom is -0.480 e. The zero-order valence-electron chi connectivity index (χ0n) is 7.32. The minimum atomic E-state index is -1.04. The summed E-state index contributed by atoms with van der Waals surface area (Å²) in [5, 5.41) is 8.64. The predicted molar refractivity (Wildman–Crippen MR) is 50.2 cm³/mol. The molecule has 0 aliphatic heterocycles. The maximum Gasteiger partial charge on any atom is 0.325 e. The Balaban J connectivity index is 3.03. The number of hydrogen-bond acceptors (Lipinski definition) is 3. The third-order valence-corrected chi connectivity index (χ3v) is 1.92. The van der Waals surface area contributed by atoms with Gasteiger partial charge in [0.2, 0.25) is 0 Å². The molecule has 1 rings (SSSR count). The second kappa shape index (κ2) is 3.45. The standard InChI is InChI=1S/C9H12N2O2/c1-5-4-6(2-3-7(5)10)8(11)9(12)13/h2-4,8H,10-11H2,1H3,(H,12,13)/t8-/m1/s1. The first-order valence-electron chi connectivity index (χ1n) is 3.87. The van der Waals surface area contributed by atoms with E-state index in [4.69, 9.17) is 16.6 Å². The second-order valence-electron chi connectivity index (χ2n) is 2.93. The van der Waals surface area contributed by atoms with E-state index in [1.54, 1.807) is 18.2 Å². The summed E-state index contributed by atoms with van der Waals surface area (Å²) in [5.74, 6) is -1.04. The zero-order valence-corrected chi connectivity index (χ0v) is 7.32. The molecular formula is C9H12N2O2. The van der Waals surface area contributed by atoms with Gasteiger partial charge in [-0.3, -0.25) is 4.79 Å². The first kappa shape index (κ1) is 9.54. The molecule has 70 valence electrons. The smallest absolute Gasteiger partial charge is 0.325 e. The molecule has 5 N–H and O–H groups in total. The predicted octanol–water partition coefficient (Wildman–Crippen LogP) is 0.662. The highest BCUT2D eigenvalue weighted by atomic mass is 16.4. The Morgan fingerprint density at radius 1 is 1.54 bits per heavy atom.